The summed E-state index contributed by atoms with van der Waals surface area (Å²) < 4.78 is 13.2. The lowest BCUT2D eigenvalue weighted by Gasteiger charge is -2.31. The van der Waals surface area contributed by atoms with Crippen LogP contribution in [0.2, 0.25) is 0 Å². The molecule has 1 fully saturated rings. The van der Waals surface area contributed by atoms with Crippen LogP contribution in [0.3, 0.4) is 0 Å². The zero-order valence-corrected chi connectivity index (χ0v) is 10.8. The molecule has 1 aliphatic heterocycles. The molecule has 0 atom stereocenters. The maximum atomic E-state index is 13.2. The minimum absolute atomic E-state index is 0.257. The van der Waals surface area contributed by atoms with E-state index < -0.39 is 0 Å². The second-order valence-corrected chi connectivity index (χ2v) is 5.04. The SMILES string of the molecule is CCC1CCN(Cc2cc(F)ccc2C#N)CC1. The number of hydrogen-bond donors (Lipinski definition) is 0. The Labute approximate surface area is 108 Å². The average Bonchev–Trinajstić information content (AvgIpc) is 2.40. The number of likely N-dealkylation sites (tertiary alicyclic amines) is 1. The third kappa shape index (κ3) is 3.08. The lowest BCUT2D eigenvalue weighted by molar-refractivity contribution is 0.175. The molecule has 0 bridgehead atoms. The molecule has 18 heavy (non-hydrogen) atoms. The molecule has 1 aliphatic rings. The van der Waals surface area contributed by atoms with E-state index in [1.165, 1.54) is 31.4 Å². The third-order valence-electron chi connectivity index (χ3n) is 3.87. The molecule has 0 saturated carbocycles. The number of nitrogens with zero attached hydrogens (tertiary/aromatic N) is 2. The molecule has 2 nitrogen and oxygen atoms in total. The van der Waals surface area contributed by atoms with Gasteiger partial charge in [0.25, 0.3) is 0 Å². The number of hydrogen-bond acceptors (Lipinski definition) is 2. The van der Waals surface area contributed by atoms with Crippen LogP contribution in [0.15, 0.2) is 18.2 Å². The van der Waals surface area contributed by atoms with Gasteiger partial charge in [0, 0.05) is 6.54 Å². The molecule has 0 N–H and O–H groups in total. The van der Waals surface area contributed by atoms with Crippen molar-refractivity contribution in [1.29, 1.82) is 5.26 Å². The Hall–Kier alpha value is -1.40. The van der Waals surface area contributed by atoms with Gasteiger partial charge in [0.2, 0.25) is 0 Å². The summed E-state index contributed by atoms with van der Waals surface area (Å²) in [6.45, 7) is 5.04. The van der Waals surface area contributed by atoms with E-state index in [0.717, 1.165) is 24.6 Å². The van der Waals surface area contributed by atoms with Crippen LogP contribution in [-0.4, -0.2) is 18.0 Å². The van der Waals surface area contributed by atoms with Crippen LogP contribution in [0.4, 0.5) is 4.39 Å². The molecule has 0 aliphatic carbocycles. The van der Waals surface area contributed by atoms with Crippen molar-refractivity contribution >= 4 is 0 Å². The smallest absolute Gasteiger partial charge is 0.123 e. The molecule has 0 spiro atoms. The molecule has 0 aromatic heterocycles. The molecular formula is C15H19FN2. The maximum Gasteiger partial charge on any atom is 0.123 e. The van der Waals surface area contributed by atoms with Gasteiger partial charge in [-0.05, 0) is 55.6 Å². The minimum Gasteiger partial charge on any atom is -0.299 e. The van der Waals surface area contributed by atoms with Crippen LogP contribution in [0.5, 0.6) is 0 Å². The number of benzene rings is 1. The highest BCUT2D eigenvalue weighted by molar-refractivity contribution is 5.37. The summed E-state index contributed by atoms with van der Waals surface area (Å²) in [7, 11) is 0. The van der Waals surface area contributed by atoms with E-state index in [-0.39, 0.29) is 5.82 Å². The fraction of sp³-hybridized carbons (Fsp3) is 0.533. The fourth-order valence-electron chi connectivity index (χ4n) is 2.60. The van der Waals surface area contributed by atoms with Crippen molar-refractivity contribution < 1.29 is 4.39 Å². The standard InChI is InChI=1S/C15H19FN2/c1-2-12-5-7-18(8-6-12)11-14-9-15(16)4-3-13(14)10-17/h3-4,9,12H,2,5-8,11H2,1H3. The van der Waals surface area contributed by atoms with Gasteiger partial charge in [0.1, 0.15) is 5.82 Å². The first-order valence-corrected chi connectivity index (χ1v) is 6.63. The molecule has 1 aromatic rings. The Balaban J connectivity index is 2.02. The summed E-state index contributed by atoms with van der Waals surface area (Å²) in [6, 6.07) is 6.55. The zero-order chi connectivity index (χ0) is 13.0. The van der Waals surface area contributed by atoms with Gasteiger partial charge < -0.3 is 0 Å². The van der Waals surface area contributed by atoms with E-state index in [2.05, 4.69) is 17.9 Å². The molecule has 3 heteroatoms. The Bertz CT molecular complexity index is 442. The highest BCUT2D eigenvalue weighted by Crippen LogP contribution is 2.22. The summed E-state index contributed by atoms with van der Waals surface area (Å²) in [5, 5.41) is 9.03. The van der Waals surface area contributed by atoms with Crippen molar-refractivity contribution in [2.24, 2.45) is 5.92 Å². The van der Waals surface area contributed by atoms with Crippen molar-refractivity contribution in [3.8, 4) is 6.07 Å². The number of nitriles is 1. The van der Waals surface area contributed by atoms with Gasteiger partial charge in [-0.25, -0.2) is 4.39 Å². The van der Waals surface area contributed by atoms with Crippen LogP contribution in [0, 0.1) is 23.1 Å². The Morgan fingerprint density at radius 3 is 2.72 bits per heavy atom. The molecule has 2 rings (SSSR count). The van der Waals surface area contributed by atoms with Gasteiger partial charge in [-0.2, -0.15) is 5.26 Å². The maximum absolute atomic E-state index is 13.2. The highest BCUT2D eigenvalue weighted by Gasteiger charge is 2.18. The topological polar surface area (TPSA) is 27.0 Å². The van der Waals surface area contributed by atoms with Crippen LogP contribution in [0.25, 0.3) is 0 Å². The Morgan fingerprint density at radius 2 is 2.11 bits per heavy atom. The summed E-state index contributed by atoms with van der Waals surface area (Å²) >= 11 is 0. The Kier molecular flexibility index (Phi) is 4.33. The first-order chi connectivity index (χ1) is 8.72. The first kappa shape index (κ1) is 13.0. The Morgan fingerprint density at radius 1 is 1.39 bits per heavy atom. The first-order valence-electron chi connectivity index (χ1n) is 6.63. The van der Waals surface area contributed by atoms with E-state index in [4.69, 9.17) is 5.26 Å². The number of rotatable bonds is 3. The second-order valence-electron chi connectivity index (χ2n) is 5.04. The summed E-state index contributed by atoms with van der Waals surface area (Å²) in [4.78, 5) is 2.32. The summed E-state index contributed by atoms with van der Waals surface area (Å²) in [6.07, 6.45) is 3.68. The molecule has 1 saturated heterocycles. The van der Waals surface area contributed by atoms with E-state index in [9.17, 15) is 4.39 Å². The number of piperidine rings is 1. The van der Waals surface area contributed by atoms with Gasteiger partial charge in [-0.3, -0.25) is 4.90 Å². The molecule has 96 valence electrons. The molecule has 0 radical (unpaired) electrons. The fourth-order valence-corrected chi connectivity index (χ4v) is 2.60. The monoisotopic (exact) mass is 246 g/mol. The number of halogens is 1. The van der Waals surface area contributed by atoms with Crippen molar-refractivity contribution in [1.82, 2.24) is 4.90 Å². The van der Waals surface area contributed by atoms with Gasteiger partial charge in [-0.1, -0.05) is 13.3 Å². The van der Waals surface area contributed by atoms with Crippen molar-refractivity contribution in [2.45, 2.75) is 32.7 Å². The summed E-state index contributed by atoms with van der Waals surface area (Å²) in [5.74, 6) is 0.580. The molecule has 1 heterocycles. The van der Waals surface area contributed by atoms with Crippen molar-refractivity contribution in [3.63, 3.8) is 0 Å². The summed E-state index contributed by atoms with van der Waals surface area (Å²) in [5.41, 5.74) is 1.40. The largest absolute Gasteiger partial charge is 0.299 e. The van der Waals surface area contributed by atoms with E-state index in [1.807, 2.05) is 0 Å². The van der Waals surface area contributed by atoms with Crippen LogP contribution in [-0.2, 0) is 6.54 Å². The molecule has 0 amide bonds. The van der Waals surface area contributed by atoms with Crippen molar-refractivity contribution in [3.05, 3.63) is 35.1 Å². The minimum atomic E-state index is -0.257. The molecule has 1 aromatic carbocycles. The van der Waals surface area contributed by atoms with Gasteiger partial charge in [0.05, 0.1) is 11.6 Å². The normalized spacial score (nSPS) is 17.6. The second kappa shape index (κ2) is 5.97. The quantitative estimate of drug-likeness (QED) is 0.818. The van der Waals surface area contributed by atoms with Crippen LogP contribution in [0.1, 0.15) is 37.3 Å². The van der Waals surface area contributed by atoms with Gasteiger partial charge >= 0.3 is 0 Å². The molecule has 0 unspecified atom stereocenters. The van der Waals surface area contributed by atoms with Crippen LogP contribution < -0.4 is 0 Å². The zero-order valence-electron chi connectivity index (χ0n) is 10.8. The van der Waals surface area contributed by atoms with Gasteiger partial charge in [-0.15, -0.1) is 0 Å². The average molecular weight is 246 g/mol. The predicted octanol–water partition coefficient (Wildman–Crippen LogP) is 3.32. The van der Waals surface area contributed by atoms with Gasteiger partial charge in [0.15, 0.2) is 0 Å². The lowest BCUT2D eigenvalue weighted by atomic mass is 9.94. The van der Waals surface area contributed by atoms with Crippen molar-refractivity contribution in [2.75, 3.05) is 13.1 Å². The van der Waals surface area contributed by atoms with E-state index in [0.29, 0.717) is 12.1 Å². The van der Waals surface area contributed by atoms with Crippen LogP contribution >= 0.6 is 0 Å². The van der Waals surface area contributed by atoms with E-state index >= 15 is 0 Å². The predicted molar refractivity (Wildman–Crippen MR) is 69.4 cm³/mol. The van der Waals surface area contributed by atoms with E-state index in [1.54, 1.807) is 6.07 Å². The highest BCUT2D eigenvalue weighted by atomic mass is 19.1. The third-order valence-corrected chi connectivity index (χ3v) is 3.87. The lowest BCUT2D eigenvalue weighted by Crippen LogP contribution is -2.33. The molecular weight excluding hydrogens is 227 g/mol.